The second kappa shape index (κ2) is 11.8. The van der Waals surface area contributed by atoms with E-state index in [1.54, 1.807) is 0 Å². The van der Waals surface area contributed by atoms with Crippen LogP contribution in [-0.2, 0) is 4.79 Å². The third kappa shape index (κ3) is 8.03. The van der Waals surface area contributed by atoms with Gasteiger partial charge in [-0.05, 0) is 57.8 Å². The van der Waals surface area contributed by atoms with E-state index in [-0.39, 0.29) is 18.5 Å². The number of aryl methyl sites for hydroxylation is 3. The van der Waals surface area contributed by atoms with Crippen molar-refractivity contribution in [3.05, 3.63) is 28.8 Å². The molecule has 0 radical (unpaired) electrons. The summed E-state index contributed by atoms with van der Waals surface area (Å²) in [6.07, 6.45) is 2.01. The average Bonchev–Trinajstić information content (AvgIpc) is 2.69. The molecule has 0 unspecified atom stereocenters. The number of amides is 3. The molecule has 7 nitrogen and oxygen atoms in total. The number of likely N-dealkylation sites (N-methyl/N-ethyl adjacent to an activating group) is 1. The fourth-order valence-electron chi connectivity index (χ4n) is 3.78. The average molecular weight is 404 g/mol. The van der Waals surface area contributed by atoms with Crippen LogP contribution in [0.1, 0.15) is 36.5 Å². The number of benzene rings is 1. The van der Waals surface area contributed by atoms with Crippen molar-refractivity contribution in [1.82, 2.24) is 20.4 Å². The predicted molar refractivity (Wildman–Crippen MR) is 118 cm³/mol. The lowest BCUT2D eigenvalue weighted by atomic mass is 10.1. The molecule has 0 bridgehead atoms. The topological polar surface area (TPSA) is 76.7 Å². The number of nitrogens with zero attached hydrogens (tertiary/aromatic N) is 2. The summed E-state index contributed by atoms with van der Waals surface area (Å²) in [7, 11) is 0. The number of rotatable bonds is 9. The molecule has 29 heavy (non-hydrogen) atoms. The third-order valence-corrected chi connectivity index (χ3v) is 5.45. The van der Waals surface area contributed by atoms with E-state index in [0.717, 1.165) is 68.9 Å². The first-order valence-electron chi connectivity index (χ1n) is 10.7. The summed E-state index contributed by atoms with van der Waals surface area (Å²) in [4.78, 5) is 29.0. The first kappa shape index (κ1) is 23.2. The lowest BCUT2D eigenvalue weighted by Crippen LogP contribution is -2.46. The fraction of sp³-hybridized carbons (Fsp3) is 0.636. The summed E-state index contributed by atoms with van der Waals surface area (Å²) < 4.78 is 0. The normalized spacial score (nSPS) is 15.2. The Hall–Kier alpha value is -2.12. The van der Waals surface area contributed by atoms with Gasteiger partial charge in [-0.3, -0.25) is 4.79 Å². The molecule has 0 aliphatic carbocycles. The first-order chi connectivity index (χ1) is 13.9. The molecule has 1 aliphatic rings. The van der Waals surface area contributed by atoms with Gasteiger partial charge in [0.1, 0.15) is 0 Å². The van der Waals surface area contributed by atoms with Gasteiger partial charge in [0.2, 0.25) is 5.91 Å². The van der Waals surface area contributed by atoms with Crippen molar-refractivity contribution in [3.63, 3.8) is 0 Å². The van der Waals surface area contributed by atoms with E-state index in [1.165, 1.54) is 5.56 Å². The van der Waals surface area contributed by atoms with Gasteiger partial charge < -0.3 is 25.8 Å². The molecule has 1 aromatic carbocycles. The largest absolute Gasteiger partial charge is 0.338 e. The van der Waals surface area contributed by atoms with E-state index in [0.29, 0.717) is 6.54 Å². The zero-order valence-electron chi connectivity index (χ0n) is 18.4. The van der Waals surface area contributed by atoms with E-state index in [2.05, 4.69) is 32.7 Å². The van der Waals surface area contributed by atoms with Crippen LogP contribution in [0.5, 0.6) is 0 Å². The Kier molecular flexibility index (Phi) is 9.41. The van der Waals surface area contributed by atoms with Crippen molar-refractivity contribution in [1.29, 1.82) is 0 Å². The standard InChI is InChI=1S/C22H37N5O2/c1-5-26-10-12-27(13-11-26)9-7-6-8-23-22(29)24-16-20(28)25-21-18(3)14-17(2)15-19(21)4/h14-15H,5-13,16H2,1-4H3,(H,25,28)(H2,23,24,29). The van der Waals surface area contributed by atoms with Crippen LogP contribution in [0, 0.1) is 20.8 Å². The number of urea groups is 1. The summed E-state index contributed by atoms with van der Waals surface area (Å²) >= 11 is 0. The zero-order chi connectivity index (χ0) is 21.2. The van der Waals surface area contributed by atoms with Crippen LogP contribution in [0.25, 0.3) is 0 Å². The van der Waals surface area contributed by atoms with Gasteiger partial charge in [0.25, 0.3) is 0 Å². The molecule has 0 spiro atoms. The van der Waals surface area contributed by atoms with Crippen LogP contribution in [-0.4, -0.2) is 74.1 Å². The molecule has 0 atom stereocenters. The SMILES string of the molecule is CCN1CCN(CCCCNC(=O)NCC(=O)Nc2c(C)cc(C)cc2C)CC1. The molecule has 0 aromatic heterocycles. The number of carbonyl (C=O) groups excluding carboxylic acids is 2. The molecule has 3 amide bonds. The molecule has 162 valence electrons. The van der Waals surface area contributed by atoms with Gasteiger partial charge in [0.05, 0.1) is 6.54 Å². The molecule has 1 heterocycles. The van der Waals surface area contributed by atoms with Crippen molar-refractivity contribution in [2.45, 2.75) is 40.5 Å². The molecular weight excluding hydrogens is 366 g/mol. The summed E-state index contributed by atoms with van der Waals surface area (Å²) in [5.41, 5.74) is 4.04. The quantitative estimate of drug-likeness (QED) is 0.553. The minimum Gasteiger partial charge on any atom is -0.338 e. The van der Waals surface area contributed by atoms with Gasteiger partial charge in [-0.2, -0.15) is 0 Å². The van der Waals surface area contributed by atoms with Crippen molar-refractivity contribution < 1.29 is 9.59 Å². The van der Waals surface area contributed by atoms with Crippen LogP contribution >= 0.6 is 0 Å². The zero-order valence-corrected chi connectivity index (χ0v) is 18.4. The van der Waals surface area contributed by atoms with Gasteiger partial charge in [-0.15, -0.1) is 0 Å². The van der Waals surface area contributed by atoms with E-state index < -0.39 is 0 Å². The third-order valence-electron chi connectivity index (χ3n) is 5.45. The van der Waals surface area contributed by atoms with E-state index in [1.807, 2.05) is 32.9 Å². The molecule has 3 N–H and O–H groups in total. The molecule has 7 heteroatoms. The molecule has 1 saturated heterocycles. The van der Waals surface area contributed by atoms with Crippen molar-refractivity contribution in [2.24, 2.45) is 0 Å². The first-order valence-corrected chi connectivity index (χ1v) is 10.7. The van der Waals surface area contributed by atoms with E-state index in [4.69, 9.17) is 0 Å². The lowest BCUT2D eigenvalue weighted by Gasteiger charge is -2.33. The number of hydrogen-bond donors (Lipinski definition) is 3. The number of nitrogens with one attached hydrogen (secondary N) is 3. The van der Waals surface area contributed by atoms with Crippen molar-refractivity contribution >= 4 is 17.6 Å². The maximum atomic E-state index is 12.1. The van der Waals surface area contributed by atoms with Crippen LogP contribution in [0.15, 0.2) is 12.1 Å². The van der Waals surface area contributed by atoms with E-state index in [9.17, 15) is 9.59 Å². The Bertz CT molecular complexity index is 661. The van der Waals surface area contributed by atoms with Gasteiger partial charge >= 0.3 is 6.03 Å². The highest BCUT2D eigenvalue weighted by molar-refractivity contribution is 5.95. The molecular formula is C22H37N5O2. The maximum absolute atomic E-state index is 12.1. The number of anilines is 1. The van der Waals surface area contributed by atoms with Gasteiger partial charge in [-0.25, -0.2) is 4.79 Å². The van der Waals surface area contributed by atoms with Crippen LogP contribution < -0.4 is 16.0 Å². The molecule has 1 fully saturated rings. The second-order valence-corrected chi connectivity index (χ2v) is 7.91. The van der Waals surface area contributed by atoms with Gasteiger partial charge in [-0.1, -0.05) is 24.6 Å². The van der Waals surface area contributed by atoms with Gasteiger partial charge in [0.15, 0.2) is 0 Å². The smallest absolute Gasteiger partial charge is 0.315 e. The second-order valence-electron chi connectivity index (χ2n) is 7.91. The maximum Gasteiger partial charge on any atom is 0.315 e. The minimum atomic E-state index is -0.297. The highest BCUT2D eigenvalue weighted by Gasteiger charge is 2.14. The van der Waals surface area contributed by atoms with Crippen LogP contribution in [0.2, 0.25) is 0 Å². The molecule has 1 aliphatic heterocycles. The minimum absolute atomic E-state index is 0.0414. The number of carbonyl (C=O) groups is 2. The highest BCUT2D eigenvalue weighted by atomic mass is 16.2. The summed E-state index contributed by atoms with van der Waals surface area (Å²) in [6.45, 7) is 15.6. The molecule has 0 saturated carbocycles. The predicted octanol–water partition coefficient (Wildman–Crippen LogP) is 2.27. The Balaban J connectivity index is 1.56. The Morgan fingerprint density at radius 1 is 0.931 bits per heavy atom. The lowest BCUT2D eigenvalue weighted by molar-refractivity contribution is -0.115. The number of hydrogen-bond acceptors (Lipinski definition) is 4. The Labute approximate surface area is 175 Å². The highest BCUT2D eigenvalue weighted by Crippen LogP contribution is 2.21. The monoisotopic (exact) mass is 403 g/mol. The van der Waals surface area contributed by atoms with E-state index >= 15 is 0 Å². The Morgan fingerprint density at radius 2 is 1.55 bits per heavy atom. The Morgan fingerprint density at radius 3 is 2.17 bits per heavy atom. The number of piperazine rings is 1. The number of unbranched alkanes of at least 4 members (excludes halogenated alkanes) is 1. The van der Waals surface area contributed by atoms with Crippen LogP contribution in [0.3, 0.4) is 0 Å². The molecule has 1 aromatic rings. The summed E-state index contributed by atoms with van der Waals surface area (Å²) in [6, 6.07) is 3.77. The van der Waals surface area contributed by atoms with Crippen LogP contribution in [0.4, 0.5) is 10.5 Å². The van der Waals surface area contributed by atoms with Crippen molar-refractivity contribution in [2.75, 3.05) is 57.7 Å². The summed E-state index contributed by atoms with van der Waals surface area (Å²) in [5, 5.41) is 8.35. The fourth-order valence-corrected chi connectivity index (χ4v) is 3.78. The van der Waals surface area contributed by atoms with Gasteiger partial charge in [0, 0.05) is 38.4 Å². The molecule has 2 rings (SSSR count). The summed E-state index contributed by atoms with van der Waals surface area (Å²) in [5.74, 6) is -0.221. The van der Waals surface area contributed by atoms with Crippen molar-refractivity contribution in [3.8, 4) is 0 Å².